The van der Waals surface area contributed by atoms with Crippen molar-refractivity contribution in [3.8, 4) is 0 Å². The number of amides is 3. The predicted octanol–water partition coefficient (Wildman–Crippen LogP) is 3.60. The molecule has 4 rings (SSSR count). The molecule has 5 N–H and O–H groups in total. The third-order valence-corrected chi connectivity index (χ3v) is 8.55. The first-order valence-electron chi connectivity index (χ1n) is 16.0. The summed E-state index contributed by atoms with van der Waals surface area (Å²) in [6.07, 6.45) is 7.05. The first-order chi connectivity index (χ1) is 21.6. The summed E-state index contributed by atoms with van der Waals surface area (Å²) >= 11 is 0. The van der Waals surface area contributed by atoms with Crippen molar-refractivity contribution >= 4 is 41.2 Å². The van der Waals surface area contributed by atoms with Crippen molar-refractivity contribution in [3.63, 3.8) is 0 Å². The highest BCUT2D eigenvalue weighted by molar-refractivity contribution is 6.00. The maximum atomic E-state index is 13.0. The van der Waals surface area contributed by atoms with Crippen LogP contribution in [-0.4, -0.2) is 52.2 Å². The van der Waals surface area contributed by atoms with Crippen LogP contribution >= 0.6 is 12.4 Å². The van der Waals surface area contributed by atoms with E-state index in [4.69, 9.17) is 20.9 Å². The Morgan fingerprint density at radius 3 is 2.35 bits per heavy atom. The van der Waals surface area contributed by atoms with Gasteiger partial charge in [-0.15, -0.1) is 12.4 Å². The van der Waals surface area contributed by atoms with E-state index in [1.807, 2.05) is 25.1 Å². The summed E-state index contributed by atoms with van der Waals surface area (Å²) in [6.45, 7) is 3.85. The highest BCUT2D eigenvalue weighted by atomic mass is 35.5. The second kappa shape index (κ2) is 18.0. The summed E-state index contributed by atoms with van der Waals surface area (Å²) in [6, 6.07) is 13.5. The van der Waals surface area contributed by atoms with E-state index in [1.165, 1.54) is 10.1 Å². The molecule has 2 aromatic carbocycles. The molecule has 0 aliphatic carbocycles. The monoisotopic (exact) mass is 657 g/mol. The molecule has 2 heterocycles. The SMILES string of the molecule is C[C@@H](OCc1ccc(CCCOCCCCCc2ccc3c(c2)n(C)c(=O)n3C2CCC(=O)NC2=O)cc1)[C@@H](N)CCC(N)=O.Cl. The van der Waals surface area contributed by atoms with E-state index < -0.39 is 11.9 Å². The summed E-state index contributed by atoms with van der Waals surface area (Å²) in [5.41, 5.74) is 16.0. The lowest BCUT2D eigenvalue weighted by Crippen LogP contribution is -2.44. The molecule has 12 heteroatoms. The van der Waals surface area contributed by atoms with Crippen LogP contribution in [0.4, 0.5) is 0 Å². The molecule has 3 amide bonds. The van der Waals surface area contributed by atoms with E-state index >= 15 is 0 Å². The number of fused-ring (bicyclic) bond motifs is 1. The number of imide groups is 1. The van der Waals surface area contributed by atoms with Gasteiger partial charge in [-0.1, -0.05) is 36.8 Å². The molecule has 1 aliphatic rings. The van der Waals surface area contributed by atoms with Gasteiger partial charge in [-0.3, -0.25) is 28.8 Å². The molecular formula is C34H48ClN5O6. The number of nitrogens with two attached hydrogens (primary N) is 2. The number of piperidine rings is 1. The van der Waals surface area contributed by atoms with Crippen molar-refractivity contribution in [1.29, 1.82) is 0 Å². The van der Waals surface area contributed by atoms with Crippen LogP contribution in [0.3, 0.4) is 0 Å². The highest BCUT2D eigenvalue weighted by Gasteiger charge is 2.31. The molecule has 1 saturated heterocycles. The average Bonchev–Trinajstić information content (AvgIpc) is 3.27. The van der Waals surface area contributed by atoms with Gasteiger partial charge < -0.3 is 20.9 Å². The van der Waals surface area contributed by atoms with Crippen molar-refractivity contribution < 1.29 is 23.9 Å². The Kier molecular flexibility index (Phi) is 14.5. The molecule has 11 nitrogen and oxygen atoms in total. The minimum Gasteiger partial charge on any atom is -0.381 e. The van der Waals surface area contributed by atoms with E-state index in [1.54, 1.807) is 11.6 Å². The van der Waals surface area contributed by atoms with Crippen LogP contribution in [0.15, 0.2) is 47.3 Å². The van der Waals surface area contributed by atoms with Crippen molar-refractivity contribution in [2.24, 2.45) is 18.5 Å². The lowest BCUT2D eigenvalue weighted by Gasteiger charge is -2.21. The van der Waals surface area contributed by atoms with E-state index in [0.29, 0.717) is 25.0 Å². The molecule has 1 fully saturated rings. The molecule has 46 heavy (non-hydrogen) atoms. The van der Waals surface area contributed by atoms with Crippen molar-refractivity contribution in [2.75, 3.05) is 13.2 Å². The molecule has 0 bridgehead atoms. The molecule has 1 unspecified atom stereocenters. The molecule has 252 valence electrons. The van der Waals surface area contributed by atoms with Gasteiger partial charge in [-0.25, -0.2) is 4.79 Å². The number of ether oxygens (including phenoxy) is 2. The molecule has 1 aliphatic heterocycles. The van der Waals surface area contributed by atoms with E-state index in [2.05, 4.69) is 29.6 Å². The number of hydrogen-bond acceptors (Lipinski definition) is 7. The number of aryl methyl sites for hydroxylation is 3. The fraction of sp³-hybridized carbons (Fsp3) is 0.529. The number of unbranched alkanes of at least 4 members (excludes halogenated alkanes) is 2. The van der Waals surface area contributed by atoms with Crippen LogP contribution in [0.2, 0.25) is 0 Å². The summed E-state index contributed by atoms with van der Waals surface area (Å²) < 4.78 is 14.8. The van der Waals surface area contributed by atoms with Crippen LogP contribution in [0, 0.1) is 0 Å². The van der Waals surface area contributed by atoms with Crippen molar-refractivity contribution in [2.45, 2.75) is 95.9 Å². The molecule has 3 aromatic rings. The van der Waals surface area contributed by atoms with E-state index in [0.717, 1.165) is 68.4 Å². The van der Waals surface area contributed by atoms with Crippen molar-refractivity contribution in [3.05, 3.63) is 69.6 Å². The Balaban J connectivity index is 0.00000576. The quantitative estimate of drug-likeness (QED) is 0.139. The molecular weight excluding hydrogens is 610 g/mol. The summed E-state index contributed by atoms with van der Waals surface area (Å²) in [5.74, 6) is -1.06. The zero-order valence-corrected chi connectivity index (χ0v) is 27.7. The number of halogens is 1. The van der Waals surface area contributed by atoms with Gasteiger partial charge in [0.2, 0.25) is 17.7 Å². The number of carbonyl (C=O) groups is 3. The van der Waals surface area contributed by atoms with Gasteiger partial charge in [-0.2, -0.15) is 0 Å². The number of aromatic nitrogens is 2. The molecule has 1 aromatic heterocycles. The maximum absolute atomic E-state index is 13.0. The molecule has 0 spiro atoms. The molecule has 0 saturated carbocycles. The normalized spacial score (nSPS) is 16.2. The second-order valence-corrected chi connectivity index (χ2v) is 12.0. The fourth-order valence-corrected chi connectivity index (χ4v) is 5.68. The Labute approximate surface area is 276 Å². The van der Waals surface area contributed by atoms with Crippen LogP contribution in [0.25, 0.3) is 11.0 Å². The third kappa shape index (κ3) is 10.2. The second-order valence-electron chi connectivity index (χ2n) is 12.0. The van der Waals surface area contributed by atoms with Gasteiger partial charge in [0.15, 0.2) is 0 Å². The number of carbonyl (C=O) groups excluding carboxylic acids is 3. The van der Waals surface area contributed by atoms with Crippen LogP contribution in [0.5, 0.6) is 0 Å². The Bertz CT molecular complexity index is 1520. The minimum absolute atomic E-state index is 0. The summed E-state index contributed by atoms with van der Waals surface area (Å²) in [4.78, 5) is 47.8. The zero-order chi connectivity index (χ0) is 32.3. The zero-order valence-electron chi connectivity index (χ0n) is 26.9. The predicted molar refractivity (Wildman–Crippen MR) is 180 cm³/mol. The number of imidazole rings is 1. The largest absolute Gasteiger partial charge is 0.381 e. The number of nitrogens with zero attached hydrogens (tertiary/aromatic N) is 2. The first-order valence-corrected chi connectivity index (χ1v) is 16.0. The van der Waals surface area contributed by atoms with Crippen LogP contribution in [-0.2, 0) is 50.4 Å². The minimum atomic E-state index is -0.669. The Hall–Kier alpha value is -3.51. The molecule has 3 atom stereocenters. The standard InChI is InChI=1S/C34H47N5O6.ClH/c1-23(27(35)14-17-31(36)40)45-22-26-11-9-24(10-12-26)8-6-20-44-19-5-3-4-7-25-13-15-28-30(21-25)38(2)34(43)39(28)29-16-18-32(41)37-33(29)42;/h9-13,15,21,23,27,29H,3-8,14,16-20,22,35H2,1-2H3,(H2,36,40)(H,37,41,42);1H/t23-,27+,29?;/m1./s1. The van der Waals surface area contributed by atoms with Gasteiger partial charge >= 0.3 is 5.69 Å². The smallest absolute Gasteiger partial charge is 0.329 e. The van der Waals surface area contributed by atoms with Crippen LogP contribution in [0.1, 0.15) is 81.0 Å². The van der Waals surface area contributed by atoms with E-state index in [-0.39, 0.29) is 54.9 Å². The maximum Gasteiger partial charge on any atom is 0.329 e. The number of hydrogen-bond donors (Lipinski definition) is 3. The van der Waals surface area contributed by atoms with Gasteiger partial charge in [-0.05, 0) is 80.7 Å². The first kappa shape index (κ1) is 37.0. The fourth-order valence-electron chi connectivity index (χ4n) is 5.68. The Morgan fingerprint density at radius 1 is 0.957 bits per heavy atom. The lowest BCUT2D eigenvalue weighted by molar-refractivity contribution is -0.135. The van der Waals surface area contributed by atoms with Gasteiger partial charge in [0, 0.05) is 39.1 Å². The average molecular weight is 658 g/mol. The number of primary amides is 1. The Morgan fingerprint density at radius 2 is 1.63 bits per heavy atom. The van der Waals surface area contributed by atoms with Gasteiger partial charge in [0.05, 0.1) is 23.7 Å². The van der Waals surface area contributed by atoms with Gasteiger partial charge in [0.25, 0.3) is 0 Å². The van der Waals surface area contributed by atoms with E-state index in [9.17, 15) is 19.2 Å². The highest BCUT2D eigenvalue weighted by Crippen LogP contribution is 2.24. The summed E-state index contributed by atoms with van der Waals surface area (Å²) in [5, 5.41) is 2.35. The summed E-state index contributed by atoms with van der Waals surface area (Å²) in [7, 11) is 1.72. The topological polar surface area (TPSA) is 161 Å². The lowest BCUT2D eigenvalue weighted by atomic mass is 10.0. The van der Waals surface area contributed by atoms with Gasteiger partial charge in [0.1, 0.15) is 6.04 Å². The number of nitrogens with one attached hydrogen (secondary N) is 1. The number of benzene rings is 2. The van der Waals surface area contributed by atoms with Crippen LogP contribution < -0.4 is 22.5 Å². The number of rotatable bonds is 18. The van der Waals surface area contributed by atoms with Crippen molar-refractivity contribution in [1.82, 2.24) is 14.5 Å². The third-order valence-electron chi connectivity index (χ3n) is 8.55. The molecule has 0 radical (unpaired) electrons.